The summed E-state index contributed by atoms with van der Waals surface area (Å²) in [6.45, 7) is 3.38. The Morgan fingerprint density at radius 2 is 1.63 bits per heavy atom. The highest BCUT2D eigenvalue weighted by molar-refractivity contribution is 7.18. The molecule has 3 heteroatoms. The number of fused-ring (bicyclic) bond motifs is 1. The lowest BCUT2D eigenvalue weighted by Gasteiger charge is -2.11. The smallest absolute Gasteiger partial charge is 0.262 e. The summed E-state index contributed by atoms with van der Waals surface area (Å²) >= 11 is 1.89. The van der Waals surface area contributed by atoms with Crippen LogP contribution in [0.15, 0.2) is 48.5 Å². The van der Waals surface area contributed by atoms with E-state index in [0.29, 0.717) is 0 Å². The zero-order valence-corrected chi connectivity index (χ0v) is 17.6. The average molecular weight is 380 g/mol. The third-order valence-electron chi connectivity index (χ3n) is 4.95. The fraction of sp³-hybridized carbons (Fsp3) is 0.375. The Morgan fingerprint density at radius 3 is 2.37 bits per heavy atom. The van der Waals surface area contributed by atoms with Crippen molar-refractivity contribution >= 4 is 39.4 Å². The van der Waals surface area contributed by atoms with E-state index in [4.69, 9.17) is 0 Å². The first-order chi connectivity index (χ1) is 13.2. The summed E-state index contributed by atoms with van der Waals surface area (Å²) in [7, 11) is 4.15. The second kappa shape index (κ2) is 9.70. The molecule has 2 aromatic carbocycles. The number of anilines is 1. The second-order valence-corrected chi connectivity index (χ2v) is 8.36. The van der Waals surface area contributed by atoms with E-state index < -0.39 is 0 Å². The Balaban J connectivity index is 1.79. The van der Waals surface area contributed by atoms with Gasteiger partial charge in [-0.05, 0) is 36.3 Å². The molecule has 3 rings (SSSR count). The molecular weight excluding hydrogens is 348 g/mol. The van der Waals surface area contributed by atoms with Gasteiger partial charge in [0.25, 0.3) is 5.01 Å². The molecule has 142 valence electrons. The van der Waals surface area contributed by atoms with Crippen molar-refractivity contribution in [3.05, 3.63) is 59.1 Å². The number of rotatable bonds is 9. The summed E-state index contributed by atoms with van der Waals surface area (Å²) in [4.78, 5) is 2.13. The molecule has 1 heterocycles. The maximum atomic E-state index is 2.50. The zero-order chi connectivity index (χ0) is 19.1. The van der Waals surface area contributed by atoms with Gasteiger partial charge < -0.3 is 4.90 Å². The van der Waals surface area contributed by atoms with Gasteiger partial charge >= 0.3 is 0 Å². The number of aromatic nitrogens is 1. The number of nitrogens with zero attached hydrogens (tertiary/aromatic N) is 2. The number of hydrogen-bond acceptors (Lipinski definition) is 2. The second-order valence-electron chi connectivity index (χ2n) is 7.29. The van der Waals surface area contributed by atoms with Crippen molar-refractivity contribution in [3.63, 3.8) is 0 Å². The van der Waals surface area contributed by atoms with Gasteiger partial charge in [0.05, 0.1) is 0 Å². The van der Waals surface area contributed by atoms with Crippen LogP contribution in [0.5, 0.6) is 0 Å². The zero-order valence-electron chi connectivity index (χ0n) is 16.8. The van der Waals surface area contributed by atoms with E-state index in [9.17, 15) is 0 Å². The van der Waals surface area contributed by atoms with Crippen molar-refractivity contribution in [1.82, 2.24) is 0 Å². The summed E-state index contributed by atoms with van der Waals surface area (Å²) in [5.41, 5.74) is 3.84. The van der Waals surface area contributed by atoms with Crippen molar-refractivity contribution in [3.8, 4) is 0 Å². The highest BCUT2D eigenvalue weighted by Crippen LogP contribution is 2.23. The molecule has 27 heavy (non-hydrogen) atoms. The Bertz CT molecular complexity index is 875. The first-order valence-electron chi connectivity index (χ1n) is 10.1. The number of hydrogen-bond donors (Lipinski definition) is 0. The van der Waals surface area contributed by atoms with Gasteiger partial charge in [0, 0.05) is 38.3 Å². The quantitative estimate of drug-likeness (QED) is 0.308. The standard InChI is InChI=1S/C24H31N2S/c1-4-5-6-7-10-19-26-22-11-8-9-12-23(22)27-24(26)18-15-20-13-16-21(17-14-20)25(2)3/h8-9,11-18H,4-7,10,19H2,1-3H3/q+1. The number of aryl methyl sites for hydroxylation is 1. The number of thiazole rings is 1. The molecule has 0 saturated carbocycles. The van der Waals surface area contributed by atoms with Crippen LogP contribution in [0.25, 0.3) is 22.4 Å². The van der Waals surface area contributed by atoms with Crippen LogP contribution in [0.1, 0.15) is 49.6 Å². The molecule has 0 fully saturated rings. The Kier molecular flexibility index (Phi) is 7.05. The summed E-state index contributed by atoms with van der Waals surface area (Å²) in [6.07, 6.45) is 11.1. The normalized spacial score (nSPS) is 11.5. The molecule has 1 aromatic heterocycles. The van der Waals surface area contributed by atoms with E-state index in [1.54, 1.807) is 0 Å². The minimum Gasteiger partial charge on any atom is -0.378 e. The van der Waals surface area contributed by atoms with Gasteiger partial charge in [0.1, 0.15) is 4.70 Å². The van der Waals surface area contributed by atoms with Crippen molar-refractivity contribution in [2.75, 3.05) is 19.0 Å². The van der Waals surface area contributed by atoms with E-state index in [1.807, 2.05) is 11.3 Å². The van der Waals surface area contributed by atoms with E-state index in [-0.39, 0.29) is 0 Å². The van der Waals surface area contributed by atoms with Crippen LogP contribution in [0, 0.1) is 0 Å². The topological polar surface area (TPSA) is 7.12 Å². The Labute approximate surface area is 167 Å². The first kappa shape index (κ1) is 19.6. The lowest BCUT2D eigenvalue weighted by molar-refractivity contribution is -0.669. The molecule has 0 saturated heterocycles. The van der Waals surface area contributed by atoms with E-state index in [2.05, 4.69) is 91.2 Å². The molecule has 0 atom stereocenters. The first-order valence-corrected chi connectivity index (χ1v) is 10.9. The minimum absolute atomic E-state index is 1.10. The fourth-order valence-corrected chi connectivity index (χ4v) is 4.42. The summed E-state index contributed by atoms with van der Waals surface area (Å²) in [5, 5.41) is 1.34. The van der Waals surface area contributed by atoms with Gasteiger partial charge in [-0.1, -0.05) is 61.8 Å². The SMILES string of the molecule is CCCCCCC[n+]1c(C=Cc2ccc(N(C)C)cc2)sc2ccccc21. The third kappa shape index (κ3) is 5.20. The van der Waals surface area contributed by atoms with Crippen LogP contribution >= 0.6 is 11.3 Å². The van der Waals surface area contributed by atoms with Crippen LogP contribution in [-0.4, -0.2) is 14.1 Å². The summed E-state index contributed by atoms with van der Waals surface area (Å²) in [6, 6.07) is 17.5. The molecule has 0 amide bonds. The third-order valence-corrected chi connectivity index (χ3v) is 6.08. The van der Waals surface area contributed by atoms with Crippen LogP contribution < -0.4 is 9.47 Å². The largest absolute Gasteiger partial charge is 0.378 e. The van der Waals surface area contributed by atoms with Gasteiger partial charge in [-0.25, -0.2) is 0 Å². The predicted molar refractivity (Wildman–Crippen MR) is 120 cm³/mol. The maximum absolute atomic E-state index is 2.50. The molecule has 3 aromatic rings. The lowest BCUT2D eigenvalue weighted by atomic mass is 10.1. The molecule has 0 N–H and O–H groups in total. The van der Waals surface area contributed by atoms with Crippen LogP contribution in [0.3, 0.4) is 0 Å². The molecule has 0 radical (unpaired) electrons. The minimum atomic E-state index is 1.10. The number of para-hydroxylation sites is 1. The molecule has 0 aliphatic heterocycles. The highest BCUT2D eigenvalue weighted by atomic mass is 32.1. The number of unbranched alkanes of at least 4 members (excludes halogenated alkanes) is 4. The maximum Gasteiger partial charge on any atom is 0.262 e. The van der Waals surface area contributed by atoms with Gasteiger partial charge in [-0.15, -0.1) is 0 Å². The van der Waals surface area contributed by atoms with Gasteiger partial charge in [0.15, 0.2) is 6.54 Å². The molecule has 0 aliphatic rings. The van der Waals surface area contributed by atoms with Gasteiger partial charge in [-0.3, -0.25) is 0 Å². The van der Waals surface area contributed by atoms with Crippen molar-refractivity contribution in [1.29, 1.82) is 0 Å². The molecule has 0 unspecified atom stereocenters. The van der Waals surface area contributed by atoms with Crippen molar-refractivity contribution < 1.29 is 4.57 Å². The monoisotopic (exact) mass is 379 g/mol. The van der Waals surface area contributed by atoms with Crippen molar-refractivity contribution in [2.24, 2.45) is 0 Å². The van der Waals surface area contributed by atoms with Crippen LogP contribution in [0.2, 0.25) is 0 Å². The van der Waals surface area contributed by atoms with Gasteiger partial charge in [-0.2, -0.15) is 4.57 Å². The molecule has 0 bridgehead atoms. The highest BCUT2D eigenvalue weighted by Gasteiger charge is 2.17. The average Bonchev–Trinajstić information content (AvgIpc) is 3.04. The van der Waals surface area contributed by atoms with Crippen LogP contribution in [0.4, 0.5) is 5.69 Å². The van der Waals surface area contributed by atoms with E-state index in [0.717, 1.165) is 6.54 Å². The van der Waals surface area contributed by atoms with Crippen molar-refractivity contribution in [2.45, 2.75) is 45.6 Å². The molecule has 0 aliphatic carbocycles. The molecule has 0 spiro atoms. The van der Waals surface area contributed by atoms with Gasteiger partial charge in [0.2, 0.25) is 5.52 Å². The lowest BCUT2D eigenvalue weighted by Crippen LogP contribution is -2.34. The fourth-order valence-electron chi connectivity index (χ4n) is 3.33. The Hall–Kier alpha value is -2.13. The molecule has 2 nitrogen and oxygen atoms in total. The molecular formula is C24H31N2S+. The number of benzene rings is 2. The van der Waals surface area contributed by atoms with E-state index in [1.165, 1.54) is 58.6 Å². The Morgan fingerprint density at radius 1 is 0.889 bits per heavy atom. The summed E-state index contributed by atoms with van der Waals surface area (Å²) in [5.74, 6) is 0. The van der Waals surface area contributed by atoms with E-state index >= 15 is 0 Å². The summed E-state index contributed by atoms with van der Waals surface area (Å²) < 4.78 is 3.87. The van der Waals surface area contributed by atoms with Crippen LogP contribution in [-0.2, 0) is 6.54 Å². The predicted octanol–water partition coefficient (Wildman–Crippen LogP) is 6.40.